The van der Waals surface area contributed by atoms with Gasteiger partial charge in [0.05, 0.1) is 12.1 Å². The summed E-state index contributed by atoms with van der Waals surface area (Å²) in [4.78, 5) is 2.17. The zero-order valence-electron chi connectivity index (χ0n) is 13.7. The van der Waals surface area contributed by atoms with Gasteiger partial charge in [-0.3, -0.25) is 4.90 Å². The molecule has 0 unspecified atom stereocenters. The molecule has 1 aliphatic carbocycles. The van der Waals surface area contributed by atoms with Crippen LogP contribution in [0.25, 0.3) is 11.1 Å². The Morgan fingerprint density at radius 2 is 2.04 bits per heavy atom. The molecular weight excluding hydrogens is 306 g/mol. The van der Waals surface area contributed by atoms with Crippen molar-refractivity contribution in [2.45, 2.75) is 18.2 Å². The fourth-order valence-corrected chi connectivity index (χ4v) is 4.42. The molecule has 0 spiro atoms. The standard InChI is InChI=1S/C19H19NO4/c1-20-8-13(21)12-7-14-19(24-9-23-14)16-10-5-3-4-6-11(10)18(22-2)17(20)15(12)16/h3-7,13,17-18,21H,8-9H2,1-2H3/t13-,17-,18-/m0/s1. The van der Waals surface area contributed by atoms with Gasteiger partial charge < -0.3 is 19.3 Å². The molecular formula is C19H19NO4. The molecule has 5 nitrogen and oxygen atoms in total. The Bertz CT molecular complexity index is 834. The van der Waals surface area contributed by atoms with E-state index in [9.17, 15) is 5.11 Å². The lowest BCUT2D eigenvalue weighted by atomic mass is 9.74. The third-order valence-corrected chi connectivity index (χ3v) is 5.40. The van der Waals surface area contributed by atoms with E-state index in [1.165, 1.54) is 0 Å². The molecule has 0 bridgehead atoms. The van der Waals surface area contributed by atoms with Crippen molar-refractivity contribution in [1.82, 2.24) is 4.90 Å². The van der Waals surface area contributed by atoms with Crippen molar-refractivity contribution in [2.75, 3.05) is 27.5 Å². The first kappa shape index (κ1) is 14.3. The van der Waals surface area contributed by atoms with Crippen molar-refractivity contribution in [3.63, 3.8) is 0 Å². The van der Waals surface area contributed by atoms with Crippen molar-refractivity contribution in [1.29, 1.82) is 0 Å². The topological polar surface area (TPSA) is 51.2 Å². The second kappa shape index (κ2) is 4.96. The summed E-state index contributed by atoms with van der Waals surface area (Å²) >= 11 is 0. The van der Waals surface area contributed by atoms with E-state index in [2.05, 4.69) is 17.0 Å². The second-order valence-electron chi connectivity index (χ2n) is 6.63. The van der Waals surface area contributed by atoms with E-state index in [-0.39, 0.29) is 18.9 Å². The molecule has 2 aliphatic heterocycles. The lowest BCUT2D eigenvalue weighted by molar-refractivity contribution is -0.00973. The number of rotatable bonds is 1. The van der Waals surface area contributed by atoms with Crippen LogP contribution in [0.5, 0.6) is 11.5 Å². The first-order chi connectivity index (χ1) is 11.7. The Hall–Kier alpha value is -2.08. The third kappa shape index (κ3) is 1.69. The summed E-state index contributed by atoms with van der Waals surface area (Å²) in [5.41, 5.74) is 5.32. The molecule has 3 aliphatic rings. The van der Waals surface area contributed by atoms with E-state index in [1.54, 1.807) is 7.11 Å². The van der Waals surface area contributed by atoms with Crippen molar-refractivity contribution < 1.29 is 19.3 Å². The smallest absolute Gasteiger partial charge is 0.231 e. The molecule has 0 fully saturated rings. The quantitative estimate of drug-likeness (QED) is 0.874. The summed E-state index contributed by atoms with van der Waals surface area (Å²) < 4.78 is 17.3. The molecule has 0 saturated carbocycles. The minimum Gasteiger partial charge on any atom is -0.454 e. The Morgan fingerprint density at radius 3 is 2.88 bits per heavy atom. The third-order valence-electron chi connectivity index (χ3n) is 5.40. The number of aliphatic hydroxyl groups excluding tert-OH is 1. The van der Waals surface area contributed by atoms with Crippen LogP contribution in [0.4, 0.5) is 0 Å². The number of aliphatic hydroxyl groups is 1. The van der Waals surface area contributed by atoms with Crippen molar-refractivity contribution in [2.24, 2.45) is 0 Å². The average molecular weight is 325 g/mol. The van der Waals surface area contributed by atoms with Crippen LogP contribution in [0.15, 0.2) is 30.3 Å². The molecule has 5 heteroatoms. The number of β-amino-alcohol motifs (C(OH)–C–C–N with tert-alkyl or cyclic N) is 1. The van der Waals surface area contributed by atoms with E-state index in [1.807, 2.05) is 25.2 Å². The van der Waals surface area contributed by atoms with Gasteiger partial charge in [0.25, 0.3) is 0 Å². The number of likely N-dealkylation sites (N-methyl/N-ethyl adjacent to an activating group) is 1. The van der Waals surface area contributed by atoms with Crippen LogP contribution in [0.3, 0.4) is 0 Å². The number of nitrogens with zero attached hydrogens (tertiary/aromatic N) is 1. The van der Waals surface area contributed by atoms with Crippen molar-refractivity contribution in [3.8, 4) is 22.6 Å². The molecule has 24 heavy (non-hydrogen) atoms. The highest BCUT2D eigenvalue weighted by Crippen LogP contribution is 2.58. The monoisotopic (exact) mass is 325 g/mol. The summed E-state index contributed by atoms with van der Waals surface area (Å²) in [6.07, 6.45) is -0.623. The Morgan fingerprint density at radius 1 is 1.21 bits per heavy atom. The summed E-state index contributed by atoms with van der Waals surface area (Å²) in [5, 5.41) is 10.7. The molecule has 2 heterocycles. The lowest BCUT2D eigenvalue weighted by Gasteiger charge is -2.45. The van der Waals surface area contributed by atoms with Gasteiger partial charge in [-0.1, -0.05) is 24.3 Å². The van der Waals surface area contributed by atoms with E-state index in [4.69, 9.17) is 14.2 Å². The van der Waals surface area contributed by atoms with Crippen LogP contribution in [0.1, 0.15) is 34.9 Å². The van der Waals surface area contributed by atoms with Crippen molar-refractivity contribution >= 4 is 0 Å². The van der Waals surface area contributed by atoms with E-state index in [0.29, 0.717) is 6.54 Å². The summed E-state index contributed by atoms with van der Waals surface area (Å²) in [7, 11) is 3.78. The molecule has 0 saturated heterocycles. The maximum atomic E-state index is 10.7. The van der Waals surface area contributed by atoms with E-state index >= 15 is 0 Å². The van der Waals surface area contributed by atoms with Crippen LogP contribution in [-0.4, -0.2) is 37.5 Å². The number of methoxy groups -OCH3 is 1. The predicted molar refractivity (Wildman–Crippen MR) is 88.1 cm³/mol. The minimum absolute atomic E-state index is 0.0489. The summed E-state index contributed by atoms with van der Waals surface area (Å²) in [6.45, 7) is 0.788. The normalized spacial score (nSPS) is 26.9. The molecule has 3 atom stereocenters. The zero-order chi connectivity index (χ0) is 16.4. The average Bonchev–Trinajstić information content (AvgIpc) is 3.06. The molecule has 0 aromatic heterocycles. The molecule has 0 radical (unpaired) electrons. The minimum atomic E-state index is -0.544. The zero-order valence-corrected chi connectivity index (χ0v) is 13.7. The van der Waals surface area contributed by atoms with Gasteiger partial charge in [-0.05, 0) is 35.4 Å². The molecule has 0 amide bonds. The predicted octanol–water partition coefficient (Wildman–Crippen LogP) is 2.80. The number of benzene rings is 2. The molecule has 2 aromatic rings. The van der Waals surface area contributed by atoms with Gasteiger partial charge in [0.15, 0.2) is 11.5 Å². The van der Waals surface area contributed by atoms with Gasteiger partial charge in [-0.25, -0.2) is 0 Å². The number of hydrogen-bond donors (Lipinski definition) is 1. The van der Waals surface area contributed by atoms with Crippen LogP contribution < -0.4 is 9.47 Å². The number of ether oxygens (including phenoxy) is 3. The largest absolute Gasteiger partial charge is 0.454 e. The lowest BCUT2D eigenvalue weighted by Crippen LogP contribution is -2.40. The fraction of sp³-hybridized carbons (Fsp3) is 0.368. The van der Waals surface area contributed by atoms with Gasteiger partial charge in [0, 0.05) is 19.2 Å². The van der Waals surface area contributed by atoms with Gasteiger partial charge in [-0.15, -0.1) is 0 Å². The maximum absolute atomic E-state index is 10.7. The SMILES string of the molecule is CO[C@H]1c2ccccc2-c2c3c(cc4c2[C@@H]1N(C)C[C@@H]4O)OCO3. The summed E-state index contributed by atoms with van der Waals surface area (Å²) in [6, 6.07) is 10.3. The van der Waals surface area contributed by atoms with E-state index in [0.717, 1.165) is 39.3 Å². The Balaban J connectivity index is 1.90. The molecule has 2 aromatic carbocycles. The Labute approximate surface area is 140 Å². The van der Waals surface area contributed by atoms with Crippen LogP contribution in [0, 0.1) is 0 Å². The maximum Gasteiger partial charge on any atom is 0.231 e. The first-order valence-electron chi connectivity index (χ1n) is 8.17. The van der Waals surface area contributed by atoms with Gasteiger partial charge >= 0.3 is 0 Å². The highest BCUT2D eigenvalue weighted by molar-refractivity contribution is 5.84. The number of hydrogen-bond acceptors (Lipinski definition) is 5. The molecule has 5 rings (SSSR count). The van der Waals surface area contributed by atoms with Crippen molar-refractivity contribution in [3.05, 3.63) is 47.0 Å². The van der Waals surface area contributed by atoms with E-state index < -0.39 is 6.10 Å². The second-order valence-corrected chi connectivity index (χ2v) is 6.63. The Kier molecular flexibility index (Phi) is 2.95. The first-order valence-corrected chi connectivity index (χ1v) is 8.17. The van der Waals surface area contributed by atoms with Gasteiger partial charge in [0.2, 0.25) is 6.79 Å². The van der Waals surface area contributed by atoms with Gasteiger partial charge in [0.1, 0.15) is 6.10 Å². The van der Waals surface area contributed by atoms with Crippen LogP contribution >= 0.6 is 0 Å². The summed E-state index contributed by atoms with van der Waals surface area (Å²) in [5.74, 6) is 1.50. The molecule has 124 valence electrons. The fourth-order valence-electron chi connectivity index (χ4n) is 4.42. The highest BCUT2D eigenvalue weighted by Gasteiger charge is 2.45. The van der Waals surface area contributed by atoms with Gasteiger partial charge in [-0.2, -0.15) is 0 Å². The number of fused-ring (bicyclic) bond motifs is 4. The molecule has 1 N–H and O–H groups in total. The van der Waals surface area contributed by atoms with Crippen LogP contribution in [0.2, 0.25) is 0 Å². The highest BCUT2D eigenvalue weighted by atomic mass is 16.7. The van der Waals surface area contributed by atoms with Crippen LogP contribution in [-0.2, 0) is 4.74 Å².